The van der Waals surface area contributed by atoms with Crippen molar-refractivity contribution in [3.63, 3.8) is 0 Å². The fraction of sp³-hybridized carbons (Fsp3) is 0.312. The van der Waals surface area contributed by atoms with Gasteiger partial charge in [-0.2, -0.15) is 0 Å². The normalized spacial score (nSPS) is 12.3. The molecular formula is C16H18FNO3. The molecule has 1 atom stereocenters. The van der Waals surface area contributed by atoms with E-state index >= 15 is 0 Å². The minimum Gasteiger partial charge on any atom is -0.480 e. The number of aryl methyl sites for hydroxylation is 1. The lowest BCUT2D eigenvalue weighted by Gasteiger charge is -2.10. The van der Waals surface area contributed by atoms with Crippen molar-refractivity contribution in [2.24, 2.45) is 0 Å². The van der Waals surface area contributed by atoms with E-state index < -0.39 is 12.0 Å². The summed E-state index contributed by atoms with van der Waals surface area (Å²) >= 11 is 0. The van der Waals surface area contributed by atoms with Gasteiger partial charge in [0.05, 0.1) is 6.54 Å². The fourth-order valence-corrected chi connectivity index (χ4v) is 2.15. The van der Waals surface area contributed by atoms with Crippen molar-refractivity contribution < 1.29 is 18.7 Å². The lowest BCUT2D eigenvalue weighted by molar-refractivity contribution is -0.139. The van der Waals surface area contributed by atoms with E-state index in [4.69, 9.17) is 9.52 Å². The maximum Gasteiger partial charge on any atom is 0.320 e. The number of carbonyl (C=O) groups is 1. The van der Waals surface area contributed by atoms with Crippen molar-refractivity contribution >= 4 is 5.97 Å². The first kappa shape index (κ1) is 15.3. The number of halogens is 1. The molecule has 2 N–H and O–H groups in total. The average molecular weight is 291 g/mol. The highest BCUT2D eigenvalue weighted by molar-refractivity contribution is 5.73. The number of nitrogens with one attached hydrogen (secondary N) is 1. The Kier molecular flexibility index (Phi) is 4.75. The molecule has 0 bridgehead atoms. The number of hydrogen-bond acceptors (Lipinski definition) is 3. The second-order valence-corrected chi connectivity index (χ2v) is 4.91. The van der Waals surface area contributed by atoms with Gasteiger partial charge in [0.2, 0.25) is 0 Å². The first-order chi connectivity index (χ1) is 10.0. The third-order valence-corrected chi connectivity index (χ3v) is 3.34. The van der Waals surface area contributed by atoms with Crippen molar-refractivity contribution in [3.05, 3.63) is 47.5 Å². The number of rotatable bonds is 6. The zero-order chi connectivity index (χ0) is 15.4. The number of furan rings is 1. The Labute approximate surface area is 122 Å². The summed E-state index contributed by atoms with van der Waals surface area (Å²) in [4.78, 5) is 10.9. The molecule has 0 saturated heterocycles. The first-order valence-corrected chi connectivity index (χ1v) is 6.82. The molecule has 1 aromatic carbocycles. The largest absolute Gasteiger partial charge is 0.480 e. The molecule has 5 heteroatoms. The van der Waals surface area contributed by atoms with E-state index in [0.29, 0.717) is 24.5 Å². The summed E-state index contributed by atoms with van der Waals surface area (Å²) in [6, 6.07) is 7.52. The van der Waals surface area contributed by atoms with Crippen LogP contribution in [-0.4, -0.2) is 17.1 Å². The van der Waals surface area contributed by atoms with Gasteiger partial charge >= 0.3 is 5.97 Å². The predicted octanol–water partition coefficient (Wildman–Crippen LogP) is 3.35. The lowest BCUT2D eigenvalue weighted by atomic mass is 10.1. The Bertz CT molecular complexity index is 636. The molecule has 21 heavy (non-hydrogen) atoms. The van der Waals surface area contributed by atoms with Crippen LogP contribution in [0.15, 0.2) is 34.7 Å². The smallest absolute Gasteiger partial charge is 0.320 e. The third-order valence-electron chi connectivity index (χ3n) is 3.34. The summed E-state index contributed by atoms with van der Waals surface area (Å²) < 4.78 is 18.8. The Balaban J connectivity index is 2.09. The van der Waals surface area contributed by atoms with Gasteiger partial charge in [0.1, 0.15) is 23.4 Å². The van der Waals surface area contributed by atoms with Gasteiger partial charge < -0.3 is 9.52 Å². The molecular weight excluding hydrogens is 273 g/mol. The van der Waals surface area contributed by atoms with Crippen LogP contribution in [0.5, 0.6) is 0 Å². The van der Waals surface area contributed by atoms with Gasteiger partial charge in [0.15, 0.2) is 0 Å². The van der Waals surface area contributed by atoms with E-state index in [1.807, 2.05) is 6.92 Å². The Hall–Kier alpha value is -2.14. The summed E-state index contributed by atoms with van der Waals surface area (Å²) in [6.07, 6.45) is 0.500. The van der Waals surface area contributed by atoms with E-state index in [9.17, 15) is 9.18 Å². The molecule has 0 spiro atoms. The summed E-state index contributed by atoms with van der Waals surface area (Å²) in [5.41, 5.74) is 1.62. The van der Waals surface area contributed by atoms with Crippen LogP contribution in [0.1, 0.15) is 24.7 Å². The van der Waals surface area contributed by atoms with Gasteiger partial charge in [-0.25, -0.2) is 4.39 Å². The number of hydrogen-bond donors (Lipinski definition) is 2. The number of benzene rings is 1. The van der Waals surface area contributed by atoms with Crippen molar-refractivity contribution in [1.82, 2.24) is 5.32 Å². The summed E-state index contributed by atoms with van der Waals surface area (Å²) in [7, 11) is 0. The van der Waals surface area contributed by atoms with Crippen LogP contribution < -0.4 is 5.32 Å². The molecule has 0 fully saturated rings. The standard InChI is InChI=1S/C16H18FNO3/c1-3-14(16(19)20)18-9-12-5-7-15(21-12)13-6-4-11(17)8-10(13)2/h4-8,14,18H,3,9H2,1-2H3,(H,19,20)/t14-/m1/s1. The van der Waals surface area contributed by atoms with Crippen LogP contribution >= 0.6 is 0 Å². The van der Waals surface area contributed by atoms with Gasteiger partial charge in [0, 0.05) is 5.56 Å². The first-order valence-electron chi connectivity index (χ1n) is 6.82. The monoisotopic (exact) mass is 291 g/mol. The molecule has 2 rings (SSSR count). The third kappa shape index (κ3) is 3.70. The molecule has 1 aromatic heterocycles. The maximum atomic E-state index is 13.1. The molecule has 4 nitrogen and oxygen atoms in total. The van der Waals surface area contributed by atoms with Crippen molar-refractivity contribution in [2.45, 2.75) is 32.9 Å². The summed E-state index contributed by atoms with van der Waals surface area (Å²) in [5, 5.41) is 11.9. The Morgan fingerprint density at radius 2 is 2.14 bits per heavy atom. The molecule has 0 aliphatic rings. The van der Waals surface area contributed by atoms with Crippen LogP contribution in [-0.2, 0) is 11.3 Å². The number of carboxylic acids is 1. The minimum absolute atomic E-state index is 0.281. The van der Waals surface area contributed by atoms with Crippen LogP contribution in [0.4, 0.5) is 4.39 Å². The van der Waals surface area contributed by atoms with Gasteiger partial charge in [-0.05, 0) is 49.2 Å². The highest BCUT2D eigenvalue weighted by Gasteiger charge is 2.15. The predicted molar refractivity (Wildman–Crippen MR) is 77.4 cm³/mol. The highest BCUT2D eigenvalue weighted by Crippen LogP contribution is 2.26. The van der Waals surface area contributed by atoms with Crippen LogP contribution in [0, 0.1) is 12.7 Å². The molecule has 1 heterocycles. The van der Waals surface area contributed by atoms with Gasteiger partial charge in [-0.15, -0.1) is 0 Å². The van der Waals surface area contributed by atoms with Crippen LogP contribution in [0.2, 0.25) is 0 Å². The van der Waals surface area contributed by atoms with Gasteiger partial charge in [0.25, 0.3) is 0 Å². The van der Waals surface area contributed by atoms with Crippen LogP contribution in [0.3, 0.4) is 0 Å². The van der Waals surface area contributed by atoms with E-state index in [1.165, 1.54) is 12.1 Å². The molecule has 0 aliphatic carbocycles. The number of carboxylic acid groups (broad SMARTS) is 1. The zero-order valence-corrected chi connectivity index (χ0v) is 12.0. The summed E-state index contributed by atoms with van der Waals surface area (Å²) in [6.45, 7) is 3.96. The van der Waals surface area contributed by atoms with Gasteiger partial charge in [-0.3, -0.25) is 10.1 Å². The lowest BCUT2D eigenvalue weighted by Crippen LogP contribution is -2.35. The van der Waals surface area contributed by atoms with Gasteiger partial charge in [-0.1, -0.05) is 6.92 Å². The summed E-state index contributed by atoms with van der Waals surface area (Å²) in [5.74, 6) is 0.136. The number of aliphatic carboxylic acids is 1. The molecule has 0 radical (unpaired) electrons. The van der Waals surface area contributed by atoms with Crippen molar-refractivity contribution in [3.8, 4) is 11.3 Å². The molecule has 2 aromatic rings. The SMILES string of the molecule is CC[C@@H](NCc1ccc(-c2ccc(F)cc2C)o1)C(=O)O. The highest BCUT2D eigenvalue weighted by atomic mass is 19.1. The topological polar surface area (TPSA) is 62.5 Å². The van der Waals surface area contributed by atoms with Crippen LogP contribution in [0.25, 0.3) is 11.3 Å². The van der Waals surface area contributed by atoms with E-state index in [1.54, 1.807) is 25.1 Å². The molecule has 0 unspecified atom stereocenters. The van der Waals surface area contributed by atoms with Crippen molar-refractivity contribution in [2.75, 3.05) is 0 Å². The zero-order valence-electron chi connectivity index (χ0n) is 12.0. The molecule has 0 amide bonds. The van der Waals surface area contributed by atoms with Crippen molar-refractivity contribution in [1.29, 1.82) is 0 Å². The Morgan fingerprint density at radius 1 is 1.38 bits per heavy atom. The second kappa shape index (κ2) is 6.54. The van der Waals surface area contributed by atoms with E-state index in [0.717, 1.165) is 11.1 Å². The second-order valence-electron chi connectivity index (χ2n) is 4.91. The quantitative estimate of drug-likeness (QED) is 0.856. The fourth-order valence-electron chi connectivity index (χ4n) is 2.15. The minimum atomic E-state index is -0.876. The maximum absolute atomic E-state index is 13.1. The van der Waals surface area contributed by atoms with E-state index in [-0.39, 0.29) is 5.82 Å². The van der Waals surface area contributed by atoms with E-state index in [2.05, 4.69) is 5.32 Å². The molecule has 112 valence electrons. The Morgan fingerprint density at radius 3 is 2.76 bits per heavy atom. The molecule has 0 saturated carbocycles. The molecule has 0 aliphatic heterocycles. The average Bonchev–Trinajstić information content (AvgIpc) is 2.87.